The topological polar surface area (TPSA) is 144 Å². The highest BCUT2D eigenvalue weighted by Gasteiger charge is 2.47. The molecule has 1 saturated heterocycles. The summed E-state index contributed by atoms with van der Waals surface area (Å²) in [6, 6.07) is 13.9. The van der Waals surface area contributed by atoms with Gasteiger partial charge in [-0.15, -0.1) is 24.9 Å². The minimum Gasteiger partial charge on any atom is -0.447 e. The first-order chi connectivity index (χ1) is 28.4. The van der Waals surface area contributed by atoms with Gasteiger partial charge in [0, 0.05) is 22.4 Å². The first-order valence-corrected chi connectivity index (χ1v) is 20.6. The summed E-state index contributed by atoms with van der Waals surface area (Å²) in [5.41, 5.74) is -0.521. The highest BCUT2D eigenvalue weighted by molar-refractivity contribution is 8.00. The molecular weight excluding hydrogens is 809 g/mol. The Morgan fingerprint density at radius 1 is 1.05 bits per heavy atom. The number of hydrogen-bond acceptors (Lipinski definition) is 12. The van der Waals surface area contributed by atoms with Gasteiger partial charge in [0.2, 0.25) is 0 Å². The van der Waals surface area contributed by atoms with Gasteiger partial charge in [0.1, 0.15) is 30.1 Å². The van der Waals surface area contributed by atoms with Gasteiger partial charge in [-0.25, -0.2) is 32.2 Å². The van der Waals surface area contributed by atoms with Crippen molar-refractivity contribution in [3.05, 3.63) is 162 Å². The lowest BCUT2D eigenvalue weighted by Gasteiger charge is -2.40. The van der Waals surface area contributed by atoms with Crippen LogP contribution >= 0.6 is 19.6 Å². The molecule has 0 radical (unpaired) electrons. The molecule has 1 aromatic heterocycles. The molecule has 0 N–H and O–H groups in total. The molecule has 5 rings (SSSR count). The summed E-state index contributed by atoms with van der Waals surface area (Å²) in [6.45, 7) is 10.0. The number of nitrogens with zero attached hydrogens (tertiary/aromatic N) is 4. The Bertz CT molecular complexity index is 2230. The number of aromatic nitrogens is 3. The average molecular weight is 851 g/mol. The van der Waals surface area contributed by atoms with Crippen LogP contribution in [0.3, 0.4) is 0 Å². The number of carbonyl (C=O) groups excluding carboxylic acids is 1. The Morgan fingerprint density at radius 2 is 1.80 bits per heavy atom. The fourth-order valence-corrected chi connectivity index (χ4v) is 8.36. The third kappa shape index (κ3) is 12.2. The predicted octanol–water partition coefficient (Wildman–Crippen LogP) is 8.79. The molecule has 59 heavy (non-hydrogen) atoms. The zero-order valence-electron chi connectivity index (χ0n) is 32.2. The van der Waals surface area contributed by atoms with Crippen LogP contribution in [0.2, 0.25) is 0 Å². The summed E-state index contributed by atoms with van der Waals surface area (Å²) in [5, 5.41) is 12.1. The van der Waals surface area contributed by atoms with Gasteiger partial charge >= 0.3 is 13.8 Å². The maximum Gasteiger partial charge on any atom is 0.475 e. The number of halogens is 3. The lowest BCUT2D eigenvalue weighted by atomic mass is 9.89. The van der Waals surface area contributed by atoms with Crippen molar-refractivity contribution < 1.29 is 50.3 Å². The largest absolute Gasteiger partial charge is 0.475 e. The molecule has 1 fully saturated rings. The van der Waals surface area contributed by atoms with Crippen LogP contribution in [-0.2, 0) is 51.1 Å². The van der Waals surface area contributed by atoms with Gasteiger partial charge in [-0.2, -0.15) is 10.4 Å². The highest BCUT2D eigenvalue weighted by Crippen LogP contribution is 2.50. The van der Waals surface area contributed by atoms with E-state index in [0.29, 0.717) is 17.2 Å². The number of hydrogen-bond donors (Lipinski definition) is 0. The quantitative estimate of drug-likeness (QED) is 0.0363. The van der Waals surface area contributed by atoms with Crippen molar-refractivity contribution in [2.75, 3.05) is 26.4 Å². The first kappa shape index (κ1) is 45.0. The summed E-state index contributed by atoms with van der Waals surface area (Å²) in [4.78, 5) is 18.5. The van der Waals surface area contributed by atoms with Crippen molar-refractivity contribution in [2.24, 2.45) is 0 Å². The van der Waals surface area contributed by atoms with Crippen molar-refractivity contribution in [1.82, 2.24) is 14.8 Å². The zero-order valence-corrected chi connectivity index (χ0v) is 34.0. The van der Waals surface area contributed by atoms with E-state index in [0.717, 1.165) is 12.1 Å². The molecule has 1 aliphatic rings. The lowest BCUT2D eigenvalue weighted by molar-refractivity contribution is -0.146. The number of benzene rings is 3. The smallest absolute Gasteiger partial charge is 0.447 e. The monoisotopic (exact) mass is 850 g/mol. The van der Waals surface area contributed by atoms with Crippen molar-refractivity contribution in [2.45, 2.75) is 49.4 Å². The second-order valence-corrected chi connectivity index (χ2v) is 16.4. The zero-order chi connectivity index (χ0) is 42.4. The van der Waals surface area contributed by atoms with E-state index in [1.165, 1.54) is 59.4 Å². The molecule has 0 unspecified atom stereocenters. The van der Waals surface area contributed by atoms with Crippen LogP contribution in [0.1, 0.15) is 45.1 Å². The standard InChI is InChI=1S/C42H42F3N4O8PS/c1-5-17-54-58(51,55-18-6-2)56-23-33-13-11-29(3)19-36(33)41(50)57-42(26-49-28-47-27-48-49,37-16-15-34(43)21-39(37)45)30(4)59-35-24-52-40(53-25-35)10-8-7-9-32-14-12-31(22-46)20-38(32)44/h5-16,19-21,27-28,30,35,40H,1-2,17-18,23-26H2,3-4H3/b9-7+,10-8+/t30-,35?,40?,42-/m1/s1. The Balaban J connectivity index is 1.40. The average Bonchev–Trinajstić information content (AvgIpc) is 3.74. The molecule has 17 heteroatoms. The molecule has 2 heterocycles. The molecule has 3 aromatic carbocycles. The lowest BCUT2D eigenvalue weighted by Crippen LogP contribution is -2.47. The molecule has 0 saturated carbocycles. The number of esters is 1. The molecule has 12 nitrogen and oxygen atoms in total. The second-order valence-electron chi connectivity index (χ2n) is 13.1. The number of aryl methyl sites for hydroxylation is 1. The van der Waals surface area contributed by atoms with E-state index in [4.69, 9.17) is 33.0 Å². The van der Waals surface area contributed by atoms with E-state index in [2.05, 4.69) is 23.2 Å². The van der Waals surface area contributed by atoms with Gasteiger partial charge in [-0.1, -0.05) is 54.1 Å². The SMILES string of the molecule is C=CCOP(=O)(OCC=C)OCc1ccc(C)cc1C(=O)O[C@@](Cn1cncn1)(c1ccc(F)cc1F)[C@@H](C)SC1COC(/C=C/C=C/c2ccc(C#N)cc2F)OC1. The van der Waals surface area contributed by atoms with E-state index in [-0.39, 0.29) is 60.5 Å². The van der Waals surface area contributed by atoms with Crippen molar-refractivity contribution in [3.8, 4) is 6.07 Å². The molecule has 0 amide bonds. The normalized spacial score (nSPS) is 17.4. The number of ether oxygens (including phenoxy) is 3. The Labute approximate surface area is 344 Å². The van der Waals surface area contributed by atoms with E-state index in [1.807, 2.05) is 6.07 Å². The van der Waals surface area contributed by atoms with Crippen molar-refractivity contribution >= 4 is 31.6 Å². The number of phosphoric acid groups is 1. The van der Waals surface area contributed by atoms with Crippen LogP contribution in [0.5, 0.6) is 0 Å². The van der Waals surface area contributed by atoms with E-state index in [9.17, 15) is 18.1 Å². The number of phosphoric ester groups is 1. The van der Waals surface area contributed by atoms with Crippen LogP contribution in [0.4, 0.5) is 13.2 Å². The molecule has 4 aromatic rings. The van der Waals surface area contributed by atoms with E-state index < -0.39 is 55.0 Å². The van der Waals surface area contributed by atoms with E-state index >= 15 is 4.39 Å². The molecular formula is C42H42F3N4O8PS. The highest BCUT2D eigenvalue weighted by atomic mass is 32.2. The summed E-state index contributed by atoms with van der Waals surface area (Å²) in [6.07, 6.45) is 11.1. The van der Waals surface area contributed by atoms with Crippen molar-refractivity contribution in [3.63, 3.8) is 0 Å². The Hall–Kier alpha value is -5.11. The minimum absolute atomic E-state index is 0.0154. The molecule has 1 aliphatic heterocycles. The molecule has 0 bridgehead atoms. The summed E-state index contributed by atoms with van der Waals surface area (Å²) in [5.74, 6) is -3.22. The Morgan fingerprint density at radius 3 is 2.44 bits per heavy atom. The summed E-state index contributed by atoms with van der Waals surface area (Å²) < 4.78 is 94.0. The molecule has 0 spiro atoms. The first-order valence-electron chi connectivity index (χ1n) is 18.2. The van der Waals surface area contributed by atoms with Crippen LogP contribution in [0.15, 0.2) is 111 Å². The van der Waals surface area contributed by atoms with Gasteiger partial charge in [0.25, 0.3) is 0 Å². The van der Waals surface area contributed by atoms with E-state index in [1.54, 1.807) is 56.4 Å². The fourth-order valence-electron chi connectivity index (χ4n) is 5.90. The summed E-state index contributed by atoms with van der Waals surface area (Å²) in [7, 11) is -4.14. The number of allylic oxidation sites excluding steroid dienone is 2. The van der Waals surface area contributed by atoms with Crippen LogP contribution in [-0.4, -0.2) is 64.0 Å². The third-order valence-corrected chi connectivity index (χ3v) is 11.6. The second kappa shape index (κ2) is 21.2. The molecule has 2 atom stereocenters. The van der Waals surface area contributed by atoms with Crippen molar-refractivity contribution in [1.29, 1.82) is 5.26 Å². The Kier molecular flexibility index (Phi) is 16.2. The minimum atomic E-state index is -4.14. The number of thioether (sulfide) groups is 1. The number of carbonyl (C=O) groups is 1. The summed E-state index contributed by atoms with van der Waals surface area (Å²) >= 11 is 1.30. The van der Waals surface area contributed by atoms with Gasteiger partial charge in [-0.05, 0) is 55.8 Å². The fraction of sp³-hybridized carbons (Fsp3) is 0.286. The maximum atomic E-state index is 16.1. The maximum absolute atomic E-state index is 16.1. The third-order valence-electron chi connectivity index (χ3n) is 8.82. The number of rotatable bonds is 20. The van der Waals surface area contributed by atoms with Gasteiger partial charge in [-0.3, -0.25) is 13.6 Å². The van der Waals surface area contributed by atoms with Gasteiger partial charge in [0.15, 0.2) is 11.9 Å². The number of nitriles is 1. The van der Waals surface area contributed by atoms with Crippen LogP contribution in [0.25, 0.3) is 6.08 Å². The van der Waals surface area contributed by atoms with Crippen LogP contribution < -0.4 is 0 Å². The van der Waals surface area contributed by atoms with Gasteiger partial charge < -0.3 is 14.2 Å². The predicted molar refractivity (Wildman–Crippen MR) is 215 cm³/mol. The molecule has 310 valence electrons. The van der Waals surface area contributed by atoms with Crippen LogP contribution in [0, 0.1) is 35.7 Å². The molecule has 0 aliphatic carbocycles. The van der Waals surface area contributed by atoms with Gasteiger partial charge in [0.05, 0.1) is 62.0 Å².